The van der Waals surface area contributed by atoms with Crippen molar-refractivity contribution in [2.24, 2.45) is 0 Å². The molecule has 3 heterocycles. The van der Waals surface area contributed by atoms with Crippen molar-refractivity contribution in [3.05, 3.63) is 82.5 Å². The van der Waals surface area contributed by atoms with E-state index in [9.17, 15) is 4.79 Å². The summed E-state index contributed by atoms with van der Waals surface area (Å²) < 4.78 is 8.34. The van der Waals surface area contributed by atoms with E-state index in [4.69, 9.17) is 4.74 Å². The molecular formula is C24H26N6O2. The van der Waals surface area contributed by atoms with Gasteiger partial charge in [0.05, 0.1) is 13.7 Å². The lowest BCUT2D eigenvalue weighted by molar-refractivity contribution is 0.414. The highest BCUT2D eigenvalue weighted by Gasteiger charge is 2.20. The minimum Gasteiger partial charge on any atom is -0.497 e. The highest BCUT2D eigenvalue weighted by Crippen LogP contribution is 2.23. The second-order valence-corrected chi connectivity index (χ2v) is 8.08. The number of aryl methyl sites for hydroxylation is 1. The van der Waals surface area contributed by atoms with E-state index in [0.717, 1.165) is 49.0 Å². The fourth-order valence-electron chi connectivity index (χ4n) is 4.06. The number of fused-ring (bicyclic) bond motifs is 1. The van der Waals surface area contributed by atoms with Gasteiger partial charge in [0, 0.05) is 44.0 Å². The molecule has 0 saturated carbocycles. The molecule has 0 spiro atoms. The van der Waals surface area contributed by atoms with Gasteiger partial charge in [-0.15, -0.1) is 5.10 Å². The topological polar surface area (TPSA) is 67.9 Å². The lowest BCUT2D eigenvalue weighted by Crippen LogP contribution is -2.46. The number of rotatable bonds is 5. The van der Waals surface area contributed by atoms with Gasteiger partial charge in [0.1, 0.15) is 17.9 Å². The smallest absolute Gasteiger partial charge is 0.351 e. The van der Waals surface area contributed by atoms with Gasteiger partial charge >= 0.3 is 5.69 Å². The molecule has 2 aromatic heterocycles. The SMILES string of the molecule is COc1cccc(N2CCN(c3cc4nn(Cc5ccc(C)cc5)c(=O)n4cn3)CC2)c1. The molecule has 1 fully saturated rings. The number of hydrogen-bond donors (Lipinski definition) is 0. The lowest BCUT2D eigenvalue weighted by Gasteiger charge is -2.36. The molecule has 8 nitrogen and oxygen atoms in total. The molecule has 1 aliphatic heterocycles. The van der Waals surface area contributed by atoms with Crippen LogP contribution in [0, 0.1) is 6.92 Å². The molecule has 0 unspecified atom stereocenters. The second kappa shape index (κ2) is 8.37. The molecule has 4 aromatic rings. The fourth-order valence-corrected chi connectivity index (χ4v) is 4.06. The summed E-state index contributed by atoms with van der Waals surface area (Å²) in [5.74, 6) is 1.71. The van der Waals surface area contributed by atoms with Crippen molar-refractivity contribution in [2.75, 3.05) is 43.1 Å². The Morgan fingerprint density at radius 2 is 1.72 bits per heavy atom. The van der Waals surface area contributed by atoms with Gasteiger partial charge in [-0.05, 0) is 24.6 Å². The van der Waals surface area contributed by atoms with E-state index in [1.807, 2.05) is 49.4 Å². The zero-order valence-corrected chi connectivity index (χ0v) is 18.3. The molecule has 164 valence electrons. The van der Waals surface area contributed by atoms with Crippen LogP contribution in [0.5, 0.6) is 5.75 Å². The predicted molar refractivity (Wildman–Crippen MR) is 125 cm³/mol. The quantitative estimate of drug-likeness (QED) is 0.485. The van der Waals surface area contributed by atoms with E-state index in [1.165, 1.54) is 14.6 Å². The average Bonchev–Trinajstić information content (AvgIpc) is 3.15. The summed E-state index contributed by atoms with van der Waals surface area (Å²) in [5.41, 5.74) is 3.83. The third-order valence-corrected chi connectivity index (χ3v) is 5.94. The van der Waals surface area contributed by atoms with Gasteiger partial charge in [0.15, 0.2) is 5.65 Å². The molecule has 0 aliphatic carbocycles. The Balaban J connectivity index is 1.32. The fraction of sp³-hybridized carbons (Fsp3) is 0.292. The van der Waals surface area contributed by atoms with Crippen molar-refractivity contribution in [2.45, 2.75) is 13.5 Å². The van der Waals surface area contributed by atoms with E-state index in [0.29, 0.717) is 12.2 Å². The van der Waals surface area contributed by atoms with Crippen molar-refractivity contribution < 1.29 is 4.74 Å². The van der Waals surface area contributed by atoms with E-state index >= 15 is 0 Å². The van der Waals surface area contributed by atoms with Crippen LogP contribution in [0.25, 0.3) is 5.65 Å². The highest BCUT2D eigenvalue weighted by atomic mass is 16.5. The van der Waals surface area contributed by atoms with Crippen LogP contribution in [0.2, 0.25) is 0 Å². The molecule has 1 aliphatic rings. The van der Waals surface area contributed by atoms with Gasteiger partial charge in [0.25, 0.3) is 0 Å². The summed E-state index contributed by atoms with van der Waals surface area (Å²) in [6.07, 6.45) is 1.58. The molecule has 0 amide bonds. The summed E-state index contributed by atoms with van der Waals surface area (Å²) in [6, 6.07) is 18.2. The molecule has 2 aromatic carbocycles. The maximum absolute atomic E-state index is 12.7. The van der Waals surface area contributed by atoms with Gasteiger partial charge in [-0.3, -0.25) is 0 Å². The summed E-state index contributed by atoms with van der Waals surface area (Å²) in [5, 5.41) is 4.54. The molecule has 0 atom stereocenters. The lowest BCUT2D eigenvalue weighted by atomic mass is 10.1. The van der Waals surface area contributed by atoms with Crippen molar-refractivity contribution in [3.8, 4) is 5.75 Å². The van der Waals surface area contributed by atoms with E-state index in [1.54, 1.807) is 13.4 Å². The molecule has 0 N–H and O–H groups in total. The highest BCUT2D eigenvalue weighted by molar-refractivity contribution is 5.54. The summed E-state index contributed by atoms with van der Waals surface area (Å²) in [7, 11) is 1.69. The number of nitrogens with zero attached hydrogens (tertiary/aromatic N) is 6. The largest absolute Gasteiger partial charge is 0.497 e. The Hall–Kier alpha value is -3.81. The standard InChI is InChI=1S/C24H26N6O2/c1-18-6-8-19(9-7-18)16-30-24(31)29-17-25-22(15-23(29)26-30)28-12-10-27(11-13-28)20-4-3-5-21(14-20)32-2/h3-9,14-15,17H,10-13,16H2,1-2H3. The molecule has 5 rings (SSSR count). The number of aromatic nitrogens is 4. The number of ether oxygens (including phenoxy) is 1. The summed E-state index contributed by atoms with van der Waals surface area (Å²) in [6.45, 7) is 5.94. The zero-order valence-electron chi connectivity index (χ0n) is 18.3. The van der Waals surface area contributed by atoms with Crippen LogP contribution in [0.4, 0.5) is 11.5 Å². The molecule has 8 heteroatoms. The Kier molecular flexibility index (Phi) is 5.26. The first kappa shape index (κ1) is 20.1. The van der Waals surface area contributed by atoms with Gasteiger partial charge in [-0.1, -0.05) is 35.9 Å². The van der Waals surface area contributed by atoms with Crippen LogP contribution < -0.4 is 20.2 Å². The van der Waals surface area contributed by atoms with Crippen LogP contribution in [0.1, 0.15) is 11.1 Å². The van der Waals surface area contributed by atoms with Crippen molar-refractivity contribution >= 4 is 17.2 Å². The maximum atomic E-state index is 12.7. The van der Waals surface area contributed by atoms with Crippen molar-refractivity contribution in [3.63, 3.8) is 0 Å². The van der Waals surface area contributed by atoms with E-state index in [-0.39, 0.29) is 5.69 Å². The minimum absolute atomic E-state index is 0.178. The summed E-state index contributed by atoms with van der Waals surface area (Å²) >= 11 is 0. The van der Waals surface area contributed by atoms with Crippen molar-refractivity contribution in [1.29, 1.82) is 0 Å². The van der Waals surface area contributed by atoms with E-state index < -0.39 is 0 Å². The van der Waals surface area contributed by atoms with Crippen LogP contribution in [-0.2, 0) is 6.54 Å². The van der Waals surface area contributed by atoms with Crippen LogP contribution in [0.3, 0.4) is 0 Å². The average molecular weight is 431 g/mol. The molecule has 32 heavy (non-hydrogen) atoms. The Morgan fingerprint density at radius 1 is 0.969 bits per heavy atom. The molecule has 0 radical (unpaired) electrons. The van der Waals surface area contributed by atoms with E-state index in [2.05, 4.69) is 32.0 Å². The van der Waals surface area contributed by atoms with Crippen LogP contribution in [-0.4, -0.2) is 52.5 Å². The number of benzene rings is 2. The van der Waals surface area contributed by atoms with Crippen molar-refractivity contribution in [1.82, 2.24) is 19.2 Å². The first-order valence-electron chi connectivity index (χ1n) is 10.8. The normalized spacial score (nSPS) is 14.2. The second-order valence-electron chi connectivity index (χ2n) is 8.08. The Bertz CT molecular complexity index is 1290. The summed E-state index contributed by atoms with van der Waals surface area (Å²) in [4.78, 5) is 21.9. The Labute approximate surface area is 186 Å². The first-order chi connectivity index (χ1) is 15.6. The predicted octanol–water partition coefficient (Wildman–Crippen LogP) is 2.58. The van der Waals surface area contributed by atoms with Crippen LogP contribution in [0.15, 0.2) is 65.7 Å². The van der Waals surface area contributed by atoms with Gasteiger partial charge in [0.2, 0.25) is 0 Å². The van der Waals surface area contributed by atoms with Crippen LogP contribution >= 0.6 is 0 Å². The third kappa shape index (κ3) is 3.91. The number of anilines is 2. The molecule has 0 bridgehead atoms. The molecule has 1 saturated heterocycles. The number of methoxy groups -OCH3 is 1. The maximum Gasteiger partial charge on any atom is 0.351 e. The number of piperazine rings is 1. The zero-order chi connectivity index (χ0) is 22.1. The van der Waals surface area contributed by atoms with Gasteiger partial charge in [-0.2, -0.15) is 0 Å². The van der Waals surface area contributed by atoms with Gasteiger partial charge in [-0.25, -0.2) is 18.9 Å². The molecular weight excluding hydrogens is 404 g/mol. The first-order valence-corrected chi connectivity index (χ1v) is 10.8. The third-order valence-electron chi connectivity index (χ3n) is 5.94. The van der Waals surface area contributed by atoms with Gasteiger partial charge < -0.3 is 14.5 Å². The monoisotopic (exact) mass is 430 g/mol. The number of hydrogen-bond acceptors (Lipinski definition) is 6. The Morgan fingerprint density at radius 3 is 2.47 bits per heavy atom. The minimum atomic E-state index is -0.178.